The molecular formula is C12H12OS. The van der Waals surface area contributed by atoms with E-state index in [1.165, 1.54) is 10.4 Å². The Bertz CT molecular complexity index is 392. The molecule has 0 atom stereocenters. The first-order valence-electron chi connectivity index (χ1n) is 4.61. The van der Waals surface area contributed by atoms with Crippen LogP contribution in [0.5, 0.6) is 0 Å². The molecule has 1 aromatic heterocycles. The van der Waals surface area contributed by atoms with Crippen LogP contribution in [0.15, 0.2) is 42.5 Å². The lowest BCUT2D eigenvalue weighted by Crippen LogP contribution is -1.82. The van der Waals surface area contributed by atoms with Gasteiger partial charge in [-0.05, 0) is 17.7 Å². The maximum absolute atomic E-state index is 8.93. The van der Waals surface area contributed by atoms with Crippen molar-refractivity contribution >= 4 is 11.3 Å². The van der Waals surface area contributed by atoms with Crippen molar-refractivity contribution in [2.24, 2.45) is 0 Å². The Hall–Kier alpha value is -1.12. The predicted molar refractivity (Wildman–Crippen MR) is 59.5 cm³/mol. The number of aliphatic hydroxyl groups excluding tert-OH is 1. The summed E-state index contributed by atoms with van der Waals surface area (Å²) in [7, 11) is 0. The molecular weight excluding hydrogens is 192 g/mol. The summed E-state index contributed by atoms with van der Waals surface area (Å²) in [5.74, 6) is 0. The number of hydrogen-bond donors (Lipinski definition) is 1. The minimum Gasteiger partial charge on any atom is -0.391 e. The second-order valence-electron chi connectivity index (χ2n) is 3.19. The van der Waals surface area contributed by atoms with Gasteiger partial charge in [0.1, 0.15) is 0 Å². The second kappa shape index (κ2) is 4.40. The zero-order valence-corrected chi connectivity index (χ0v) is 8.63. The Labute approximate surface area is 87.7 Å². The maximum atomic E-state index is 8.93. The highest BCUT2D eigenvalue weighted by atomic mass is 32.1. The van der Waals surface area contributed by atoms with Crippen molar-refractivity contribution in [1.29, 1.82) is 0 Å². The summed E-state index contributed by atoms with van der Waals surface area (Å²) in [4.78, 5) is 2.34. The van der Waals surface area contributed by atoms with Crippen molar-refractivity contribution in [3.8, 4) is 0 Å². The summed E-state index contributed by atoms with van der Waals surface area (Å²) in [6.07, 6.45) is 0.964. The van der Waals surface area contributed by atoms with Crippen LogP contribution in [-0.4, -0.2) is 5.11 Å². The number of hydrogen-bond acceptors (Lipinski definition) is 2. The average Bonchev–Trinajstić information content (AvgIpc) is 2.67. The van der Waals surface area contributed by atoms with Gasteiger partial charge in [-0.15, -0.1) is 11.3 Å². The summed E-state index contributed by atoms with van der Waals surface area (Å²) in [5, 5.41) is 8.93. The van der Waals surface area contributed by atoms with Crippen LogP contribution in [-0.2, 0) is 13.0 Å². The van der Waals surface area contributed by atoms with E-state index < -0.39 is 0 Å². The summed E-state index contributed by atoms with van der Waals surface area (Å²) >= 11 is 1.68. The van der Waals surface area contributed by atoms with Crippen LogP contribution < -0.4 is 0 Å². The minimum atomic E-state index is 0.152. The first kappa shape index (κ1) is 9.44. The van der Waals surface area contributed by atoms with Crippen LogP contribution in [0.4, 0.5) is 0 Å². The lowest BCUT2D eigenvalue weighted by Gasteiger charge is -1.96. The molecule has 1 N–H and O–H groups in total. The van der Waals surface area contributed by atoms with Gasteiger partial charge in [0.05, 0.1) is 6.61 Å². The fourth-order valence-electron chi connectivity index (χ4n) is 1.40. The van der Waals surface area contributed by atoms with Crippen LogP contribution in [0, 0.1) is 0 Å². The molecule has 1 nitrogen and oxygen atoms in total. The van der Waals surface area contributed by atoms with Crippen LogP contribution in [0.3, 0.4) is 0 Å². The van der Waals surface area contributed by atoms with Crippen molar-refractivity contribution in [1.82, 2.24) is 0 Å². The highest BCUT2D eigenvalue weighted by Crippen LogP contribution is 2.19. The smallest absolute Gasteiger partial charge is 0.0774 e. The van der Waals surface area contributed by atoms with E-state index in [4.69, 9.17) is 5.11 Å². The largest absolute Gasteiger partial charge is 0.391 e. The quantitative estimate of drug-likeness (QED) is 0.815. The lowest BCUT2D eigenvalue weighted by molar-refractivity contribution is 0.285. The summed E-state index contributed by atoms with van der Waals surface area (Å²) in [6.45, 7) is 0.152. The Kier molecular flexibility index (Phi) is 2.96. The van der Waals surface area contributed by atoms with Gasteiger partial charge in [0.2, 0.25) is 0 Å². The van der Waals surface area contributed by atoms with Gasteiger partial charge in [0, 0.05) is 16.2 Å². The van der Waals surface area contributed by atoms with Crippen LogP contribution in [0.25, 0.3) is 0 Å². The Balaban J connectivity index is 2.11. The van der Waals surface area contributed by atoms with Crippen LogP contribution >= 0.6 is 11.3 Å². The number of benzene rings is 1. The molecule has 0 fully saturated rings. The molecule has 72 valence electrons. The van der Waals surface area contributed by atoms with Gasteiger partial charge in [-0.2, -0.15) is 0 Å². The van der Waals surface area contributed by atoms with E-state index in [0.29, 0.717) is 0 Å². The molecule has 1 aromatic carbocycles. The molecule has 0 bridgehead atoms. The third-order valence-electron chi connectivity index (χ3n) is 2.09. The molecule has 0 aliphatic heterocycles. The molecule has 2 aromatic rings. The van der Waals surface area contributed by atoms with Crippen molar-refractivity contribution in [2.75, 3.05) is 0 Å². The third-order valence-corrected chi connectivity index (χ3v) is 3.16. The molecule has 0 saturated heterocycles. The first-order valence-corrected chi connectivity index (χ1v) is 5.42. The average molecular weight is 204 g/mol. The lowest BCUT2D eigenvalue weighted by atomic mass is 10.1. The van der Waals surface area contributed by atoms with Crippen molar-refractivity contribution < 1.29 is 5.11 Å². The number of rotatable bonds is 3. The molecule has 0 unspecified atom stereocenters. The van der Waals surface area contributed by atoms with E-state index in [9.17, 15) is 0 Å². The van der Waals surface area contributed by atoms with E-state index in [2.05, 4.69) is 30.3 Å². The predicted octanol–water partition coefficient (Wildman–Crippen LogP) is 2.83. The molecule has 14 heavy (non-hydrogen) atoms. The summed E-state index contributed by atoms with van der Waals surface area (Å²) in [5.41, 5.74) is 1.32. The summed E-state index contributed by atoms with van der Waals surface area (Å²) in [6, 6.07) is 14.5. The normalized spacial score (nSPS) is 10.4. The van der Waals surface area contributed by atoms with Crippen LogP contribution in [0.2, 0.25) is 0 Å². The maximum Gasteiger partial charge on any atom is 0.0774 e. The van der Waals surface area contributed by atoms with Gasteiger partial charge >= 0.3 is 0 Å². The van der Waals surface area contributed by atoms with E-state index in [0.717, 1.165) is 11.3 Å². The molecule has 0 spiro atoms. The van der Waals surface area contributed by atoms with Crippen molar-refractivity contribution in [3.63, 3.8) is 0 Å². The standard InChI is InChI=1S/C12H12OS/c13-9-12-7-6-11(14-12)8-10-4-2-1-3-5-10/h1-7,13H,8-9H2. The van der Waals surface area contributed by atoms with Crippen molar-refractivity contribution in [3.05, 3.63) is 57.8 Å². The SMILES string of the molecule is OCc1ccc(Cc2ccccc2)s1. The minimum absolute atomic E-state index is 0.152. The Morgan fingerprint density at radius 2 is 1.64 bits per heavy atom. The highest BCUT2D eigenvalue weighted by molar-refractivity contribution is 7.11. The monoisotopic (exact) mass is 204 g/mol. The fourth-order valence-corrected chi connectivity index (χ4v) is 2.31. The van der Waals surface area contributed by atoms with Gasteiger partial charge in [0.25, 0.3) is 0 Å². The molecule has 0 saturated carbocycles. The van der Waals surface area contributed by atoms with Gasteiger partial charge < -0.3 is 5.11 Å². The van der Waals surface area contributed by atoms with Gasteiger partial charge in [-0.3, -0.25) is 0 Å². The fraction of sp³-hybridized carbons (Fsp3) is 0.167. The van der Waals surface area contributed by atoms with E-state index in [1.807, 2.05) is 12.1 Å². The van der Waals surface area contributed by atoms with E-state index in [1.54, 1.807) is 11.3 Å². The van der Waals surface area contributed by atoms with E-state index in [-0.39, 0.29) is 6.61 Å². The van der Waals surface area contributed by atoms with Gasteiger partial charge in [-0.1, -0.05) is 30.3 Å². The van der Waals surface area contributed by atoms with Gasteiger partial charge in [-0.25, -0.2) is 0 Å². The zero-order valence-electron chi connectivity index (χ0n) is 7.81. The van der Waals surface area contributed by atoms with Crippen LogP contribution in [0.1, 0.15) is 15.3 Å². The van der Waals surface area contributed by atoms with Crippen molar-refractivity contribution in [2.45, 2.75) is 13.0 Å². The first-order chi connectivity index (χ1) is 6.88. The molecule has 1 heterocycles. The molecule has 0 aliphatic rings. The zero-order chi connectivity index (χ0) is 9.80. The summed E-state index contributed by atoms with van der Waals surface area (Å²) < 4.78 is 0. The topological polar surface area (TPSA) is 20.2 Å². The molecule has 0 aliphatic carbocycles. The Morgan fingerprint density at radius 3 is 2.29 bits per heavy atom. The molecule has 2 rings (SSSR count). The number of aliphatic hydroxyl groups is 1. The number of thiophene rings is 1. The molecule has 0 radical (unpaired) electrons. The molecule has 2 heteroatoms. The van der Waals surface area contributed by atoms with E-state index >= 15 is 0 Å². The Morgan fingerprint density at radius 1 is 0.929 bits per heavy atom. The highest BCUT2D eigenvalue weighted by Gasteiger charge is 1.99. The van der Waals surface area contributed by atoms with Gasteiger partial charge in [0.15, 0.2) is 0 Å². The second-order valence-corrected chi connectivity index (χ2v) is 4.44. The molecule has 0 amide bonds. The third kappa shape index (κ3) is 2.22.